The van der Waals surface area contributed by atoms with Crippen LogP contribution in [-0.2, 0) is 4.74 Å². The van der Waals surface area contributed by atoms with E-state index >= 15 is 0 Å². The van der Waals surface area contributed by atoms with Crippen LogP contribution in [0.25, 0.3) is 0 Å². The minimum atomic E-state index is -0.199. The molecule has 0 rings (SSSR count). The summed E-state index contributed by atoms with van der Waals surface area (Å²) < 4.78 is 4.89. The maximum Gasteiger partial charge on any atom is 0.0515 e. The highest BCUT2D eigenvalue weighted by atomic mass is 16.5. The highest BCUT2D eigenvalue weighted by Crippen LogP contribution is 2.04. The van der Waals surface area contributed by atoms with Gasteiger partial charge in [0, 0.05) is 13.7 Å². The van der Waals surface area contributed by atoms with Crippen LogP contribution in [0.4, 0.5) is 0 Å². The summed E-state index contributed by atoms with van der Waals surface area (Å²) in [5, 5.41) is 8.89. The third kappa shape index (κ3) is 13.0. The molecule has 0 aliphatic heterocycles. The van der Waals surface area contributed by atoms with Gasteiger partial charge in [-0.25, -0.2) is 0 Å². The zero-order valence-corrected chi connectivity index (χ0v) is 6.42. The van der Waals surface area contributed by atoms with Crippen LogP contribution in [0.15, 0.2) is 0 Å². The minimum Gasteiger partial charge on any atom is -0.393 e. The molecule has 0 fully saturated rings. The van der Waals surface area contributed by atoms with E-state index in [4.69, 9.17) is 9.84 Å². The van der Waals surface area contributed by atoms with Gasteiger partial charge in [-0.15, -0.1) is 0 Å². The quantitative estimate of drug-likeness (QED) is 0.691. The number of aliphatic hydroxyl groups is 1. The molecule has 0 spiro atoms. The van der Waals surface area contributed by atoms with E-state index in [0.29, 0.717) is 5.92 Å². The van der Waals surface area contributed by atoms with Crippen LogP contribution >= 0.6 is 0 Å². The lowest BCUT2D eigenvalue weighted by Crippen LogP contribution is -2.11. The fraction of sp³-hybridized carbons (Fsp3) is 1.00. The van der Waals surface area contributed by atoms with Crippen LogP contribution in [0.3, 0.4) is 0 Å². The molecular weight excluding hydrogens is 140 g/mol. The maximum atomic E-state index is 8.89. The molecule has 2 unspecified atom stereocenters. The summed E-state index contributed by atoms with van der Waals surface area (Å²) in [4.78, 5) is 0. The van der Waals surface area contributed by atoms with E-state index in [-0.39, 0.29) is 21.0 Å². The normalized spacial score (nSPS) is 14.2. The first kappa shape index (κ1) is 17.1. The average molecular weight is 164 g/mol. The molecule has 2 nitrogen and oxygen atoms in total. The molecule has 0 aliphatic rings. The predicted octanol–water partition coefficient (Wildman–Crippen LogP) is 2.31. The van der Waals surface area contributed by atoms with Crippen molar-refractivity contribution < 1.29 is 9.84 Å². The summed E-state index contributed by atoms with van der Waals surface area (Å²) in [6, 6.07) is 0. The molecule has 1 N–H and O–H groups in total. The molecular formula is C9H24O2. The number of methoxy groups -OCH3 is 1. The van der Waals surface area contributed by atoms with Crippen molar-refractivity contribution in [3.05, 3.63) is 0 Å². The van der Waals surface area contributed by atoms with E-state index in [1.165, 1.54) is 0 Å². The fourth-order valence-corrected chi connectivity index (χ4v) is 0.935. The molecule has 0 amide bonds. The van der Waals surface area contributed by atoms with Crippen molar-refractivity contribution in [2.45, 2.75) is 41.2 Å². The summed E-state index contributed by atoms with van der Waals surface area (Å²) >= 11 is 0. The second-order valence-electron chi connectivity index (χ2n) is 2.65. The van der Waals surface area contributed by atoms with Gasteiger partial charge in [-0.2, -0.15) is 0 Å². The van der Waals surface area contributed by atoms with Gasteiger partial charge in [-0.05, 0) is 19.3 Å². The van der Waals surface area contributed by atoms with Gasteiger partial charge in [0.1, 0.15) is 0 Å². The van der Waals surface area contributed by atoms with Gasteiger partial charge in [0.25, 0.3) is 0 Å². The standard InChI is InChI=1S/C7H16O2.2CH4/c1-6(5-9-3)4-7(2)8;;/h6-8H,4-5H2,1-3H3;2*1H4. The zero-order chi connectivity index (χ0) is 7.28. The minimum absolute atomic E-state index is 0. The second-order valence-corrected chi connectivity index (χ2v) is 2.65. The molecule has 11 heavy (non-hydrogen) atoms. The fourth-order valence-electron chi connectivity index (χ4n) is 0.935. The smallest absolute Gasteiger partial charge is 0.0515 e. The van der Waals surface area contributed by atoms with E-state index < -0.39 is 0 Å². The van der Waals surface area contributed by atoms with E-state index in [1.54, 1.807) is 14.0 Å². The van der Waals surface area contributed by atoms with Crippen LogP contribution in [0, 0.1) is 5.92 Å². The molecule has 0 saturated carbocycles. The molecule has 0 aliphatic carbocycles. The Hall–Kier alpha value is -0.0800. The molecule has 2 atom stereocenters. The molecule has 72 valence electrons. The van der Waals surface area contributed by atoms with Crippen LogP contribution < -0.4 is 0 Å². The molecule has 0 heterocycles. The van der Waals surface area contributed by atoms with Gasteiger partial charge >= 0.3 is 0 Å². The first-order valence-electron chi connectivity index (χ1n) is 3.33. The van der Waals surface area contributed by atoms with E-state index in [9.17, 15) is 0 Å². The lowest BCUT2D eigenvalue weighted by atomic mass is 10.1. The van der Waals surface area contributed by atoms with Gasteiger partial charge in [-0.3, -0.25) is 0 Å². The molecule has 0 aromatic rings. The highest BCUT2D eigenvalue weighted by molar-refractivity contribution is 4.54. The molecule has 0 aromatic carbocycles. The molecule has 0 bridgehead atoms. The van der Waals surface area contributed by atoms with Crippen molar-refractivity contribution in [1.29, 1.82) is 0 Å². The second kappa shape index (κ2) is 9.92. The Balaban J connectivity index is -0.000000320. The number of rotatable bonds is 4. The van der Waals surface area contributed by atoms with Crippen molar-refractivity contribution in [3.8, 4) is 0 Å². The SMILES string of the molecule is C.C.COCC(C)CC(C)O. The van der Waals surface area contributed by atoms with Gasteiger partial charge in [0.15, 0.2) is 0 Å². The third-order valence-electron chi connectivity index (χ3n) is 1.19. The topological polar surface area (TPSA) is 29.5 Å². The lowest BCUT2D eigenvalue weighted by molar-refractivity contribution is 0.111. The van der Waals surface area contributed by atoms with Gasteiger partial charge < -0.3 is 9.84 Å². The summed E-state index contributed by atoms with van der Waals surface area (Å²) in [6.07, 6.45) is 0.628. The molecule has 0 aromatic heterocycles. The van der Waals surface area contributed by atoms with E-state index in [2.05, 4.69) is 6.92 Å². The first-order valence-corrected chi connectivity index (χ1v) is 3.33. The van der Waals surface area contributed by atoms with Crippen molar-refractivity contribution in [3.63, 3.8) is 0 Å². The number of ether oxygens (including phenoxy) is 1. The summed E-state index contributed by atoms with van der Waals surface area (Å²) in [5.74, 6) is 0.468. The predicted molar refractivity (Wildman–Crippen MR) is 50.8 cm³/mol. The van der Waals surface area contributed by atoms with Gasteiger partial charge in [0.05, 0.1) is 6.10 Å². The van der Waals surface area contributed by atoms with Gasteiger partial charge in [-0.1, -0.05) is 21.8 Å². The van der Waals surface area contributed by atoms with Crippen LogP contribution in [-0.4, -0.2) is 24.9 Å². The van der Waals surface area contributed by atoms with Crippen LogP contribution in [0.5, 0.6) is 0 Å². The Morgan fingerprint density at radius 3 is 2.00 bits per heavy atom. The number of hydrogen-bond acceptors (Lipinski definition) is 2. The van der Waals surface area contributed by atoms with Crippen molar-refractivity contribution >= 4 is 0 Å². The molecule has 0 saturated heterocycles. The summed E-state index contributed by atoms with van der Waals surface area (Å²) in [6.45, 7) is 4.60. The van der Waals surface area contributed by atoms with Crippen molar-refractivity contribution in [1.82, 2.24) is 0 Å². The van der Waals surface area contributed by atoms with Crippen LogP contribution in [0.2, 0.25) is 0 Å². The van der Waals surface area contributed by atoms with Crippen molar-refractivity contribution in [2.75, 3.05) is 13.7 Å². The zero-order valence-electron chi connectivity index (χ0n) is 6.42. The van der Waals surface area contributed by atoms with E-state index in [1.807, 2.05) is 0 Å². The molecule has 2 heteroatoms. The average Bonchev–Trinajstić information content (AvgIpc) is 1.63. The van der Waals surface area contributed by atoms with Crippen molar-refractivity contribution in [2.24, 2.45) is 5.92 Å². The lowest BCUT2D eigenvalue weighted by Gasteiger charge is -2.10. The number of aliphatic hydroxyl groups excluding tert-OH is 1. The Morgan fingerprint density at radius 2 is 1.73 bits per heavy atom. The summed E-state index contributed by atoms with van der Waals surface area (Å²) in [5.41, 5.74) is 0. The third-order valence-corrected chi connectivity index (χ3v) is 1.19. The first-order chi connectivity index (χ1) is 4.16. The monoisotopic (exact) mass is 164 g/mol. The van der Waals surface area contributed by atoms with E-state index in [0.717, 1.165) is 13.0 Å². The highest BCUT2D eigenvalue weighted by Gasteiger charge is 2.03. The van der Waals surface area contributed by atoms with Gasteiger partial charge in [0.2, 0.25) is 0 Å². The Kier molecular flexibility index (Phi) is 15.4. The largest absolute Gasteiger partial charge is 0.393 e. The summed E-state index contributed by atoms with van der Waals surface area (Å²) in [7, 11) is 1.68. The Morgan fingerprint density at radius 1 is 1.27 bits per heavy atom. The number of hydrogen-bond donors (Lipinski definition) is 1. The maximum absolute atomic E-state index is 8.89. The Labute approximate surface area is 71.6 Å². The van der Waals surface area contributed by atoms with Crippen LogP contribution in [0.1, 0.15) is 35.1 Å². The molecule has 0 radical (unpaired) electrons. The Bertz CT molecular complexity index is 62.6.